The van der Waals surface area contributed by atoms with Gasteiger partial charge in [-0.2, -0.15) is 0 Å². The quantitative estimate of drug-likeness (QED) is 0.864. The van der Waals surface area contributed by atoms with E-state index in [4.69, 9.17) is 10.5 Å². The summed E-state index contributed by atoms with van der Waals surface area (Å²) in [6.07, 6.45) is 3.70. The average molecular weight is 294 g/mol. The van der Waals surface area contributed by atoms with Crippen LogP contribution < -0.4 is 10.5 Å². The average Bonchev–Trinajstić information content (AvgIpc) is 2.66. The molecule has 114 valence electrons. The van der Waals surface area contributed by atoms with Crippen LogP contribution in [0.5, 0.6) is 5.75 Å². The summed E-state index contributed by atoms with van der Waals surface area (Å²) in [4.78, 5) is 2.12. The number of ether oxygens (including phenoxy) is 1. The van der Waals surface area contributed by atoms with E-state index in [2.05, 4.69) is 37.6 Å². The maximum Gasteiger partial charge on any atom is 0.132 e. The first kappa shape index (κ1) is 14.7. The molecule has 0 amide bonds. The Morgan fingerprint density at radius 3 is 2.82 bits per heavy atom. The first-order valence-corrected chi connectivity index (χ1v) is 7.39. The van der Waals surface area contributed by atoms with Crippen LogP contribution in [-0.2, 0) is 5.54 Å². The van der Waals surface area contributed by atoms with Crippen molar-refractivity contribution < 1.29 is 4.74 Å². The number of aryl methyl sites for hydroxylation is 1. The van der Waals surface area contributed by atoms with Crippen molar-refractivity contribution >= 4 is 0 Å². The normalized spacial score (nSPS) is 29.0. The lowest BCUT2D eigenvalue weighted by molar-refractivity contribution is 0.413. The number of nitrogens with two attached hydrogens (primary N) is 1. The van der Waals surface area contributed by atoms with Gasteiger partial charge in [0, 0.05) is 36.3 Å². The van der Waals surface area contributed by atoms with E-state index in [0.29, 0.717) is 5.76 Å². The second-order valence-electron chi connectivity index (χ2n) is 6.13. The summed E-state index contributed by atoms with van der Waals surface area (Å²) in [7, 11) is 2.02. The number of hydrogen-bond donors (Lipinski definition) is 1. The van der Waals surface area contributed by atoms with Crippen LogP contribution in [0.15, 0.2) is 67.1 Å². The van der Waals surface area contributed by atoms with Crippen LogP contribution in [0.3, 0.4) is 0 Å². The zero-order valence-corrected chi connectivity index (χ0v) is 13.2. The Balaban J connectivity index is 2.31. The number of likely N-dealkylation sites (N-methyl/N-ethyl adjacent to an activating group) is 1. The summed E-state index contributed by atoms with van der Waals surface area (Å²) in [5.74, 6) is 1.43. The molecule has 2 heterocycles. The number of fused-ring (bicyclic) bond motifs is 3. The molecule has 0 radical (unpaired) electrons. The van der Waals surface area contributed by atoms with Crippen molar-refractivity contribution in [2.75, 3.05) is 13.6 Å². The van der Waals surface area contributed by atoms with Gasteiger partial charge in [-0.1, -0.05) is 49.6 Å². The Labute approximate surface area is 132 Å². The lowest BCUT2D eigenvalue weighted by Crippen LogP contribution is -2.43. The second kappa shape index (κ2) is 4.89. The fourth-order valence-electron chi connectivity index (χ4n) is 3.51. The van der Waals surface area contributed by atoms with Crippen molar-refractivity contribution in [1.82, 2.24) is 4.90 Å². The van der Waals surface area contributed by atoms with Gasteiger partial charge in [-0.15, -0.1) is 0 Å². The molecule has 2 N–H and O–H groups in total. The van der Waals surface area contributed by atoms with Crippen LogP contribution in [0.4, 0.5) is 0 Å². The maximum absolute atomic E-state index is 6.92. The van der Waals surface area contributed by atoms with Gasteiger partial charge in [-0.25, -0.2) is 0 Å². The van der Waals surface area contributed by atoms with Crippen molar-refractivity contribution in [3.63, 3.8) is 0 Å². The van der Waals surface area contributed by atoms with Crippen LogP contribution in [0.1, 0.15) is 11.1 Å². The molecule has 0 saturated carbocycles. The molecule has 0 aliphatic carbocycles. The third kappa shape index (κ3) is 1.86. The Hall–Kier alpha value is -2.26. The minimum atomic E-state index is -0.690. The third-order valence-corrected chi connectivity index (χ3v) is 4.75. The zero-order chi connectivity index (χ0) is 16.1. The van der Waals surface area contributed by atoms with Crippen LogP contribution in [0.25, 0.3) is 0 Å². The van der Waals surface area contributed by atoms with Crippen LogP contribution in [0.2, 0.25) is 0 Å². The lowest BCUT2D eigenvalue weighted by Gasteiger charge is -2.31. The molecule has 3 heteroatoms. The van der Waals surface area contributed by atoms with E-state index in [0.717, 1.165) is 34.7 Å². The Kier molecular flexibility index (Phi) is 3.26. The summed E-state index contributed by atoms with van der Waals surface area (Å²) in [5.41, 5.74) is 10.2. The van der Waals surface area contributed by atoms with Gasteiger partial charge in [0.15, 0.2) is 0 Å². The molecule has 3 rings (SSSR count). The predicted molar refractivity (Wildman–Crippen MR) is 90.4 cm³/mol. The fourth-order valence-corrected chi connectivity index (χ4v) is 3.51. The number of allylic oxidation sites excluding steroid dienone is 3. The second-order valence-corrected chi connectivity index (χ2v) is 6.13. The number of benzene rings is 1. The number of rotatable bonds is 1. The lowest BCUT2D eigenvalue weighted by atomic mass is 9.75. The van der Waals surface area contributed by atoms with E-state index in [9.17, 15) is 0 Å². The van der Waals surface area contributed by atoms with E-state index in [1.54, 1.807) is 6.08 Å². The van der Waals surface area contributed by atoms with Gasteiger partial charge in [0.25, 0.3) is 0 Å². The smallest absolute Gasteiger partial charge is 0.132 e. The molecular weight excluding hydrogens is 272 g/mol. The minimum absolute atomic E-state index is 0.0403. The van der Waals surface area contributed by atoms with Gasteiger partial charge >= 0.3 is 0 Å². The van der Waals surface area contributed by atoms with Crippen molar-refractivity contribution in [3.8, 4) is 5.75 Å². The first-order valence-electron chi connectivity index (χ1n) is 7.39. The molecule has 0 bridgehead atoms. The SMILES string of the molecule is C=C/C=C1\C(=C)Oc2ccc(C)cc2[C@]2(N)C(=C)N(C)CC12. The molecular formula is C19H22N2O. The molecule has 22 heavy (non-hydrogen) atoms. The highest BCUT2D eigenvalue weighted by atomic mass is 16.5. The van der Waals surface area contributed by atoms with E-state index in [1.807, 2.05) is 25.3 Å². The van der Waals surface area contributed by atoms with E-state index in [-0.39, 0.29) is 5.92 Å². The molecule has 2 aliphatic heterocycles. The highest BCUT2D eigenvalue weighted by Gasteiger charge is 2.52. The summed E-state index contributed by atoms with van der Waals surface area (Å²) >= 11 is 0. The maximum atomic E-state index is 6.92. The summed E-state index contributed by atoms with van der Waals surface area (Å²) in [5, 5.41) is 0. The molecule has 2 aliphatic rings. The predicted octanol–water partition coefficient (Wildman–Crippen LogP) is 3.24. The molecule has 3 nitrogen and oxygen atoms in total. The number of nitrogens with zero attached hydrogens (tertiary/aromatic N) is 1. The largest absolute Gasteiger partial charge is 0.457 e. The highest BCUT2D eigenvalue weighted by molar-refractivity contribution is 5.55. The van der Waals surface area contributed by atoms with Gasteiger partial charge in [-0.3, -0.25) is 0 Å². The molecule has 1 aromatic carbocycles. The summed E-state index contributed by atoms with van der Waals surface area (Å²) in [6.45, 7) is 15.0. The topological polar surface area (TPSA) is 38.5 Å². The fraction of sp³-hybridized carbons (Fsp3) is 0.263. The highest BCUT2D eigenvalue weighted by Crippen LogP contribution is 2.51. The minimum Gasteiger partial charge on any atom is -0.457 e. The summed E-state index contributed by atoms with van der Waals surface area (Å²) in [6, 6.07) is 6.08. The molecule has 1 saturated heterocycles. The third-order valence-electron chi connectivity index (χ3n) is 4.75. The Bertz CT molecular complexity index is 716. The summed E-state index contributed by atoms with van der Waals surface area (Å²) < 4.78 is 6.01. The van der Waals surface area contributed by atoms with E-state index >= 15 is 0 Å². The number of likely N-dealkylation sites (tertiary alicyclic amines) is 1. The van der Waals surface area contributed by atoms with Crippen LogP contribution >= 0.6 is 0 Å². The van der Waals surface area contributed by atoms with Gasteiger partial charge in [0.2, 0.25) is 0 Å². The van der Waals surface area contributed by atoms with Crippen molar-refractivity contribution in [2.24, 2.45) is 11.7 Å². The molecule has 1 unspecified atom stereocenters. The zero-order valence-electron chi connectivity index (χ0n) is 13.2. The first-order chi connectivity index (χ1) is 10.4. The van der Waals surface area contributed by atoms with Crippen molar-refractivity contribution in [3.05, 3.63) is 78.2 Å². The van der Waals surface area contributed by atoms with Crippen molar-refractivity contribution in [1.29, 1.82) is 0 Å². The molecule has 2 atom stereocenters. The Morgan fingerprint density at radius 2 is 2.14 bits per heavy atom. The standard InChI is InChI=1S/C19H22N2O/c1-6-7-15-13(3)22-18-9-8-12(2)10-16(18)19(20)14(4)21(5)11-17(15)19/h6-10,17H,1,3-4,11,20H2,2,5H3/b15-7+/t17?,19-/m1/s1. The van der Waals surface area contributed by atoms with Gasteiger partial charge in [-0.05, 0) is 13.0 Å². The van der Waals surface area contributed by atoms with Gasteiger partial charge in [0.1, 0.15) is 11.5 Å². The number of hydrogen-bond acceptors (Lipinski definition) is 3. The molecule has 1 aromatic rings. The van der Waals surface area contributed by atoms with E-state index < -0.39 is 5.54 Å². The molecule has 0 spiro atoms. The molecule has 0 aromatic heterocycles. The van der Waals surface area contributed by atoms with E-state index in [1.165, 1.54) is 0 Å². The Morgan fingerprint density at radius 1 is 1.41 bits per heavy atom. The van der Waals surface area contributed by atoms with Crippen LogP contribution in [0, 0.1) is 12.8 Å². The molecule has 1 fully saturated rings. The van der Waals surface area contributed by atoms with Crippen molar-refractivity contribution in [2.45, 2.75) is 12.5 Å². The van der Waals surface area contributed by atoms with Crippen LogP contribution in [-0.4, -0.2) is 18.5 Å². The van der Waals surface area contributed by atoms with Gasteiger partial charge in [0.05, 0.1) is 5.54 Å². The van der Waals surface area contributed by atoms with Gasteiger partial charge < -0.3 is 15.4 Å². The monoisotopic (exact) mass is 294 g/mol.